The van der Waals surface area contributed by atoms with Crippen LogP contribution in [0.4, 0.5) is 13.2 Å². The summed E-state index contributed by atoms with van der Waals surface area (Å²) in [6, 6.07) is 7.76. The fourth-order valence-electron chi connectivity index (χ4n) is 2.03. The van der Waals surface area contributed by atoms with Crippen molar-refractivity contribution in [3.63, 3.8) is 0 Å². The molecule has 2 amide bonds. The lowest BCUT2D eigenvalue weighted by Gasteiger charge is -2.10. The van der Waals surface area contributed by atoms with E-state index in [4.69, 9.17) is 0 Å². The number of hydrogen-bond acceptors (Lipinski definition) is 6. The Kier molecular flexibility index (Phi) is 6.04. The van der Waals surface area contributed by atoms with E-state index in [-0.39, 0.29) is 16.0 Å². The van der Waals surface area contributed by atoms with Crippen LogP contribution in [0.3, 0.4) is 0 Å². The van der Waals surface area contributed by atoms with Gasteiger partial charge in [0.15, 0.2) is 9.84 Å². The number of halogens is 3. The number of carbonyl (C=O) groups excluding carboxylic acids is 2. The highest BCUT2D eigenvalue weighted by atomic mass is 32.2. The number of rotatable bonds is 4. The van der Waals surface area contributed by atoms with Gasteiger partial charge in [0.2, 0.25) is 0 Å². The second kappa shape index (κ2) is 7.83. The molecule has 0 fully saturated rings. The lowest BCUT2D eigenvalue weighted by atomic mass is 10.2. The molecule has 2 aromatic rings. The van der Waals surface area contributed by atoms with Crippen molar-refractivity contribution in [2.45, 2.75) is 15.3 Å². The molecular weight excluding hydrogens is 437 g/mol. The minimum Gasteiger partial charge on any atom is -0.267 e. The van der Waals surface area contributed by atoms with Crippen LogP contribution in [0.1, 0.15) is 20.7 Å². The van der Waals surface area contributed by atoms with E-state index in [0.29, 0.717) is 12.1 Å². The van der Waals surface area contributed by atoms with E-state index in [2.05, 4.69) is 0 Å². The Bertz CT molecular complexity index is 1140. The van der Waals surface area contributed by atoms with Gasteiger partial charge in [0.1, 0.15) is 0 Å². The zero-order chi connectivity index (χ0) is 22.0. The first-order chi connectivity index (χ1) is 13.2. The number of carbonyl (C=O) groups is 2. The molecule has 2 aromatic carbocycles. The van der Waals surface area contributed by atoms with Gasteiger partial charge in [0.05, 0.1) is 9.79 Å². The molecule has 0 saturated carbocycles. The van der Waals surface area contributed by atoms with Crippen LogP contribution in [0.5, 0.6) is 0 Å². The Morgan fingerprint density at radius 1 is 0.724 bits per heavy atom. The van der Waals surface area contributed by atoms with E-state index in [1.807, 2.05) is 10.9 Å². The molecule has 0 aliphatic carbocycles. The molecule has 0 unspecified atom stereocenters. The average molecular weight is 450 g/mol. The smallest absolute Gasteiger partial charge is 0.267 e. The third kappa shape index (κ3) is 5.12. The number of nitrogens with one attached hydrogen (secondary N) is 2. The van der Waals surface area contributed by atoms with Crippen LogP contribution in [-0.4, -0.2) is 40.4 Å². The number of alkyl halides is 3. The van der Waals surface area contributed by atoms with E-state index in [9.17, 15) is 39.6 Å². The fraction of sp³-hybridized carbons (Fsp3) is 0.125. The molecule has 0 spiro atoms. The third-order valence-corrected chi connectivity index (χ3v) is 6.20. The first-order valence-corrected chi connectivity index (χ1v) is 10.9. The molecule has 2 N–H and O–H groups in total. The Hall–Kier alpha value is -2.93. The van der Waals surface area contributed by atoms with Gasteiger partial charge in [-0.1, -0.05) is 0 Å². The average Bonchev–Trinajstić information content (AvgIpc) is 2.64. The van der Waals surface area contributed by atoms with Crippen molar-refractivity contribution in [3.05, 3.63) is 59.7 Å². The van der Waals surface area contributed by atoms with Crippen molar-refractivity contribution in [1.82, 2.24) is 10.9 Å². The minimum absolute atomic E-state index is 0.00742. The number of hydrogen-bond donors (Lipinski definition) is 2. The normalized spacial score (nSPS) is 12.3. The highest BCUT2D eigenvalue weighted by molar-refractivity contribution is 7.92. The number of sulfone groups is 2. The molecule has 0 saturated heterocycles. The van der Waals surface area contributed by atoms with E-state index in [0.717, 1.165) is 18.4 Å². The van der Waals surface area contributed by atoms with Gasteiger partial charge in [-0.25, -0.2) is 16.8 Å². The molecule has 0 aliphatic rings. The van der Waals surface area contributed by atoms with Crippen molar-refractivity contribution in [3.8, 4) is 0 Å². The highest BCUT2D eigenvalue weighted by Crippen LogP contribution is 2.30. The molecule has 8 nitrogen and oxygen atoms in total. The lowest BCUT2D eigenvalue weighted by Crippen LogP contribution is -2.41. The molecule has 0 bridgehead atoms. The molecule has 156 valence electrons. The van der Waals surface area contributed by atoms with Gasteiger partial charge in [-0.15, -0.1) is 0 Å². The monoisotopic (exact) mass is 450 g/mol. The molecule has 0 aliphatic heterocycles. The summed E-state index contributed by atoms with van der Waals surface area (Å²) in [7, 11) is -8.98. The van der Waals surface area contributed by atoms with Crippen molar-refractivity contribution >= 4 is 31.5 Å². The summed E-state index contributed by atoms with van der Waals surface area (Å²) in [5, 5.41) is 0. The summed E-state index contributed by atoms with van der Waals surface area (Å²) in [6.45, 7) is 0. The van der Waals surface area contributed by atoms with Crippen LogP contribution >= 0.6 is 0 Å². The molecule has 0 radical (unpaired) electrons. The van der Waals surface area contributed by atoms with E-state index >= 15 is 0 Å². The first kappa shape index (κ1) is 22.4. The second-order valence-electron chi connectivity index (χ2n) is 5.68. The largest absolute Gasteiger partial charge is 0.501 e. The van der Waals surface area contributed by atoms with Crippen LogP contribution in [0.25, 0.3) is 0 Å². The zero-order valence-corrected chi connectivity index (χ0v) is 16.2. The third-order valence-electron chi connectivity index (χ3n) is 3.57. The fourth-order valence-corrected chi connectivity index (χ4v) is 3.42. The minimum atomic E-state index is -5.54. The Morgan fingerprint density at radius 2 is 1.07 bits per heavy atom. The lowest BCUT2D eigenvalue weighted by molar-refractivity contribution is -0.0436. The standard InChI is InChI=1S/C16H13F3N2O6S2/c1-28(24,25)12-6-2-10(3-7-12)14(22)20-21-15(23)11-4-8-13(9-5-11)29(26,27)16(17,18)19/h2-9H,1H3,(H,20,22)(H,21,23). The molecule has 0 heterocycles. The zero-order valence-electron chi connectivity index (χ0n) is 14.5. The van der Waals surface area contributed by atoms with Gasteiger partial charge >= 0.3 is 5.51 Å². The van der Waals surface area contributed by atoms with Gasteiger partial charge in [-0.3, -0.25) is 20.4 Å². The molecule has 13 heteroatoms. The van der Waals surface area contributed by atoms with Crippen molar-refractivity contribution in [2.75, 3.05) is 6.26 Å². The second-order valence-corrected chi connectivity index (χ2v) is 9.64. The van der Waals surface area contributed by atoms with Gasteiger partial charge in [0.25, 0.3) is 21.7 Å². The van der Waals surface area contributed by atoms with Gasteiger partial charge < -0.3 is 0 Å². The Morgan fingerprint density at radius 3 is 1.38 bits per heavy atom. The maximum absolute atomic E-state index is 12.5. The topological polar surface area (TPSA) is 126 Å². The number of benzene rings is 2. The molecule has 0 aromatic heterocycles. The maximum atomic E-state index is 12.5. The van der Waals surface area contributed by atoms with Gasteiger partial charge in [0, 0.05) is 17.4 Å². The quantitative estimate of drug-likeness (QED) is 0.679. The van der Waals surface area contributed by atoms with Crippen molar-refractivity contribution in [1.29, 1.82) is 0 Å². The molecule has 0 atom stereocenters. The number of hydrazine groups is 1. The van der Waals surface area contributed by atoms with Gasteiger partial charge in [-0.05, 0) is 48.5 Å². The van der Waals surface area contributed by atoms with Crippen LogP contribution in [0.2, 0.25) is 0 Å². The van der Waals surface area contributed by atoms with E-state index in [1.165, 1.54) is 24.3 Å². The maximum Gasteiger partial charge on any atom is 0.501 e. The predicted molar refractivity (Wildman–Crippen MR) is 94.2 cm³/mol. The summed E-state index contributed by atoms with van der Waals surface area (Å²) in [4.78, 5) is 22.9. The summed E-state index contributed by atoms with van der Waals surface area (Å²) < 4.78 is 82.8. The van der Waals surface area contributed by atoms with Crippen molar-refractivity contribution in [2.24, 2.45) is 0 Å². The van der Waals surface area contributed by atoms with Crippen LogP contribution < -0.4 is 10.9 Å². The Labute approximate surface area is 163 Å². The summed E-state index contributed by atoms with van der Waals surface area (Å²) in [6.07, 6.45) is 0.994. The molecule has 2 rings (SSSR count). The SMILES string of the molecule is CS(=O)(=O)c1ccc(C(=O)NNC(=O)c2ccc(S(=O)(=O)C(F)(F)F)cc2)cc1. The Balaban J connectivity index is 2.05. The summed E-state index contributed by atoms with van der Waals surface area (Å²) in [5.74, 6) is -1.70. The van der Waals surface area contributed by atoms with Crippen LogP contribution in [-0.2, 0) is 19.7 Å². The summed E-state index contributed by atoms with van der Waals surface area (Å²) in [5.41, 5.74) is -1.61. The molecule has 29 heavy (non-hydrogen) atoms. The highest BCUT2D eigenvalue weighted by Gasteiger charge is 2.46. The van der Waals surface area contributed by atoms with Crippen molar-refractivity contribution < 1.29 is 39.6 Å². The first-order valence-electron chi connectivity index (χ1n) is 7.56. The van der Waals surface area contributed by atoms with E-state index in [1.54, 1.807) is 0 Å². The summed E-state index contributed by atoms with van der Waals surface area (Å²) >= 11 is 0. The molecular formula is C16H13F3N2O6S2. The van der Waals surface area contributed by atoms with Gasteiger partial charge in [-0.2, -0.15) is 13.2 Å². The van der Waals surface area contributed by atoms with Crippen LogP contribution in [0, 0.1) is 0 Å². The predicted octanol–water partition coefficient (Wildman–Crippen LogP) is 1.46. The van der Waals surface area contributed by atoms with E-state index < -0.39 is 41.9 Å². The van der Waals surface area contributed by atoms with Crippen LogP contribution in [0.15, 0.2) is 58.3 Å². The number of amides is 2.